The number of hydrogen-bond acceptors (Lipinski definition) is 3. The van der Waals surface area contributed by atoms with Crippen molar-refractivity contribution in [2.75, 3.05) is 19.6 Å². The van der Waals surface area contributed by atoms with Crippen molar-refractivity contribution in [2.45, 2.75) is 38.4 Å². The molecule has 0 unspecified atom stereocenters. The van der Waals surface area contributed by atoms with Gasteiger partial charge in [-0.3, -0.25) is 9.69 Å². The van der Waals surface area contributed by atoms with E-state index < -0.39 is 0 Å². The minimum Gasteiger partial charge on any atom is -0.341 e. The summed E-state index contributed by atoms with van der Waals surface area (Å²) in [4.78, 5) is 19.1. The van der Waals surface area contributed by atoms with E-state index in [9.17, 15) is 4.79 Å². The maximum Gasteiger partial charge on any atom is 0.242 e. The Labute approximate surface area is 164 Å². The summed E-state index contributed by atoms with van der Waals surface area (Å²) in [5, 5.41) is 3.42. The number of carbonyl (C=O) groups excluding carboxylic acids is 1. The van der Waals surface area contributed by atoms with Crippen LogP contribution >= 0.6 is 11.3 Å². The van der Waals surface area contributed by atoms with Gasteiger partial charge in [-0.1, -0.05) is 18.2 Å². The topological polar surface area (TPSA) is 28.5 Å². The lowest BCUT2D eigenvalue weighted by atomic mass is 9.99. The SMILES string of the molecule is O=C(Cn1ccc2ccccc21)N1CCC(N2CCc3sccc3C2)CC1. The van der Waals surface area contributed by atoms with Gasteiger partial charge in [0.2, 0.25) is 5.91 Å². The van der Waals surface area contributed by atoms with Crippen LogP contribution in [0.15, 0.2) is 48.0 Å². The minimum absolute atomic E-state index is 0.244. The Morgan fingerprint density at radius 2 is 1.93 bits per heavy atom. The maximum absolute atomic E-state index is 12.8. The molecule has 5 rings (SSSR count). The van der Waals surface area contributed by atoms with E-state index in [0.717, 1.165) is 38.0 Å². The molecule has 1 aromatic carbocycles. The summed E-state index contributed by atoms with van der Waals surface area (Å²) in [5.74, 6) is 0.244. The van der Waals surface area contributed by atoms with Crippen molar-refractivity contribution in [1.29, 1.82) is 0 Å². The van der Waals surface area contributed by atoms with Gasteiger partial charge in [-0.2, -0.15) is 0 Å². The molecule has 4 heterocycles. The number of piperidine rings is 1. The van der Waals surface area contributed by atoms with Crippen LogP contribution < -0.4 is 0 Å². The molecule has 0 bridgehead atoms. The number of carbonyl (C=O) groups is 1. The van der Waals surface area contributed by atoms with Gasteiger partial charge in [0, 0.05) is 48.8 Å². The van der Waals surface area contributed by atoms with Gasteiger partial charge in [-0.05, 0) is 53.8 Å². The number of benzene rings is 1. The highest BCUT2D eigenvalue weighted by atomic mass is 32.1. The van der Waals surface area contributed by atoms with Crippen LogP contribution in [0.2, 0.25) is 0 Å². The van der Waals surface area contributed by atoms with Crippen LogP contribution in [0.5, 0.6) is 0 Å². The van der Waals surface area contributed by atoms with Gasteiger partial charge in [0.15, 0.2) is 0 Å². The highest BCUT2D eigenvalue weighted by molar-refractivity contribution is 7.10. The largest absolute Gasteiger partial charge is 0.341 e. The molecule has 4 nitrogen and oxygen atoms in total. The number of rotatable bonds is 3. The third-order valence-corrected chi connectivity index (χ3v) is 7.18. The first-order chi connectivity index (χ1) is 13.3. The van der Waals surface area contributed by atoms with Gasteiger partial charge < -0.3 is 9.47 Å². The molecule has 2 aliphatic heterocycles. The van der Waals surface area contributed by atoms with Crippen LogP contribution in [0.25, 0.3) is 10.9 Å². The Hall–Kier alpha value is -2.11. The number of thiophene rings is 1. The lowest BCUT2D eigenvalue weighted by Gasteiger charge is -2.40. The Morgan fingerprint density at radius 1 is 1.07 bits per heavy atom. The Kier molecular flexibility index (Phi) is 4.50. The second-order valence-corrected chi connectivity index (χ2v) is 8.70. The molecule has 5 heteroatoms. The first kappa shape index (κ1) is 17.0. The van der Waals surface area contributed by atoms with Gasteiger partial charge in [0.1, 0.15) is 6.54 Å². The highest BCUT2D eigenvalue weighted by Gasteiger charge is 2.29. The van der Waals surface area contributed by atoms with Crippen LogP contribution in [0.1, 0.15) is 23.3 Å². The Morgan fingerprint density at radius 3 is 2.81 bits per heavy atom. The molecule has 1 fully saturated rings. The third kappa shape index (κ3) is 3.30. The first-order valence-corrected chi connectivity index (χ1v) is 10.8. The molecular weight excluding hydrogens is 354 g/mol. The molecule has 140 valence electrons. The van der Waals surface area contributed by atoms with Gasteiger partial charge in [-0.15, -0.1) is 11.3 Å². The summed E-state index contributed by atoms with van der Waals surface area (Å²) in [6.07, 6.45) is 5.41. The molecule has 0 spiro atoms. The van der Waals surface area contributed by atoms with Crippen LogP contribution in [0.3, 0.4) is 0 Å². The summed E-state index contributed by atoms with van der Waals surface area (Å²) in [5.41, 5.74) is 2.66. The lowest BCUT2D eigenvalue weighted by Crippen LogP contribution is -2.48. The van der Waals surface area contributed by atoms with Crippen LogP contribution in [-0.2, 0) is 24.3 Å². The van der Waals surface area contributed by atoms with E-state index in [1.54, 1.807) is 4.88 Å². The average Bonchev–Trinajstić information content (AvgIpc) is 3.35. The summed E-state index contributed by atoms with van der Waals surface area (Å²) < 4.78 is 2.08. The zero-order chi connectivity index (χ0) is 18.2. The van der Waals surface area contributed by atoms with E-state index in [0.29, 0.717) is 12.6 Å². The van der Waals surface area contributed by atoms with E-state index in [1.807, 2.05) is 29.7 Å². The summed E-state index contributed by atoms with van der Waals surface area (Å²) in [6, 6.07) is 13.2. The Bertz CT molecular complexity index is 951. The van der Waals surface area contributed by atoms with Crippen molar-refractivity contribution >= 4 is 28.1 Å². The minimum atomic E-state index is 0.244. The predicted octanol–water partition coefficient (Wildman–Crippen LogP) is 3.75. The van der Waals surface area contributed by atoms with Crippen LogP contribution in [0.4, 0.5) is 0 Å². The number of fused-ring (bicyclic) bond motifs is 2. The van der Waals surface area contributed by atoms with Gasteiger partial charge in [-0.25, -0.2) is 0 Å². The summed E-state index contributed by atoms with van der Waals surface area (Å²) in [7, 11) is 0. The molecular formula is C22H25N3OS. The molecule has 3 aromatic rings. The van der Waals surface area contributed by atoms with Crippen LogP contribution in [0, 0.1) is 0 Å². The molecule has 0 atom stereocenters. The molecule has 0 N–H and O–H groups in total. The van der Waals surface area contributed by atoms with E-state index in [4.69, 9.17) is 0 Å². The summed E-state index contributed by atoms with van der Waals surface area (Å²) >= 11 is 1.90. The molecule has 0 saturated carbocycles. The average molecular weight is 380 g/mol. The van der Waals surface area contributed by atoms with Gasteiger partial charge >= 0.3 is 0 Å². The van der Waals surface area contributed by atoms with E-state index in [2.05, 4.69) is 44.0 Å². The maximum atomic E-state index is 12.8. The lowest BCUT2D eigenvalue weighted by molar-refractivity contribution is -0.133. The normalized spacial score (nSPS) is 18.7. The van der Waals surface area contributed by atoms with Gasteiger partial charge in [0.05, 0.1) is 0 Å². The molecule has 27 heavy (non-hydrogen) atoms. The van der Waals surface area contributed by atoms with E-state index in [-0.39, 0.29) is 5.91 Å². The number of amides is 1. The fourth-order valence-electron chi connectivity index (χ4n) is 4.59. The molecule has 0 radical (unpaired) electrons. The molecule has 2 aromatic heterocycles. The zero-order valence-electron chi connectivity index (χ0n) is 15.5. The summed E-state index contributed by atoms with van der Waals surface area (Å²) in [6.45, 7) is 4.47. The van der Waals surface area contributed by atoms with Crippen LogP contribution in [-0.4, -0.2) is 46.0 Å². The smallest absolute Gasteiger partial charge is 0.242 e. The second kappa shape index (κ2) is 7.13. The zero-order valence-corrected chi connectivity index (χ0v) is 16.3. The highest BCUT2D eigenvalue weighted by Crippen LogP contribution is 2.28. The van der Waals surface area contributed by atoms with Crippen molar-refractivity contribution in [3.63, 3.8) is 0 Å². The fourth-order valence-corrected chi connectivity index (χ4v) is 5.48. The van der Waals surface area contributed by atoms with E-state index in [1.165, 1.54) is 23.9 Å². The Balaban J connectivity index is 1.19. The number of para-hydroxylation sites is 1. The fraction of sp³-hybridized carbons (Fsp3) is 0.409. The van der Waals surface area contributed by atoms with Crippen molar-refractivity contribution in [3.05, 3.63) is 58.4 Å². The molecule has 2 aliphatic rings. The quantitative estimate of drug-likeness (QED) is 0.693. The predicted molar refractivity (Wildman–Crippen MR) is 110 cm³/mol. The van der Waals surface area contributed by atoms with Crippen molar-refractivity contribution < 1.29 is 4.79 Å². The number of aromatic nitrogens is 1. The van der Waals surface area contributed by atoms with Crippen molar-refractivity contribution in [1.82, 2.24) is 14.4 Å². The van der Waals surface area contributed by atoms with Crippen molar-refractivity contribution in [2.24, 2.45) is 0 Å². The molecule has 0 aliphatic carbocycles. The van der Waals surface area contributed by atoms with Crippen molar-refractivity contribution in [3.8, 4) is 0 Å². The molecule has 1 saturated heterocycles. The monoisotopic (exact) mass is 379 g/mol. The van der Waals surface area contributed by atoms with Gasteiger partial charge in [0.25, 0.3) is 0 Å². The standard InChI is InChI=1S/C22H25N3OS/c26-22(16-25-10-5-17-3-1-2-4-20(17)25)23-11-6-19(7-12-23)24-13-8-21-18(15-24)9-14-27-21/h1-5,9-10,14,19H,6-8,11-13,15-16H2. The number of hydrogen-bond donors (Lipinski definition) is 0. The first-order valence-electron chi connectivity index (χ1n) is 9.89. The third-order valence-electron chi connectivity index (χ3n) is 6.16. The molecule has 1 amide bonds. The second-order valence-electron chi connectivity index (χ2n) is 7.70. The number of likely N-dealkylation sites (tertiary alicyclic amines) is 1. The number of nitrogens with zero attached hydrogens (tertiary/aromatic N) is 3. The van der Waals surface area contributed by atoms with E-state index >= 15 is 0 Å².